The fourth-order valence-corrected chi connectivity index (χ4v) is 1.67. The number of nitriles is 1. The van der Waals surface area contributed by atoms with Crippen LogP contribution in [0.1, 0.15) is 43.4 Å². The minimum Gasteiger partial charge on any atom is -0.350 e. The molecule has 0 aliphatic carbocycles. The van der Waals surface area contributed by atoms with Crippen molar-refractivity contribution in [3.8, 4) is 6.07 Å². The number of hydrogen-bond donors (Lipinski definition) is 2. The van der Waals surface area contributed by atoms with Crippen molar-refractivity contribution in [1.29, 1.82) is 5.26 Å². The molecule has 0 radical (unpaired) electrons. The van der Waals surface area contributed by atoms with E-state index >= 15 is 0 Å². The predicted octanol–water partition coefficient (Wildman–Crippen LogP) is 1.86. The minimum atomic E-state index is -0.0388. The van der Waals surface area contributed by atoms with Crippen LogP contribution in [-0.2, 0) is 4.79 Å². The molecule has 0 bridgehead atoms. The molecule has 1 rings (SSSR count). The Morgan fingerprint density at radius 1 is 1.39 bits per heavy atom. The van der Waals surface area contributed by atoms with E-state index in [0.29, 0.717) is 18.5 Å². The van der Waals surface area contributed by atoms with Gasteiger partial charge in [-0.2, -0.15) is 5.26 Å². The fourth-order valence-electron chi connectivity index (χ4n) is 1.67. The van der Waals surface area contributed by atoms with E-state index in [2.05, 4.69) is 11.4 Å². The van der Waals surface area contributed by atoms with Crippen molar-refractivity contribution < 1.29 is 4.79 Å². The topological polar surface area (TPSA) is 78.9 Å². The van der Waals surface area contributed by atoms with Crippen molar-refractivity contribution in [2.75, 3.05) is 6.54 Å². The molecular formula is C14H19N3O. The fraction of sp³-hybridized carbons (Fsp3) is 0.429. The second-order valence-corrected chi connectivity index (χ2v) is 4.27. The molecule has 1 atom stereocenters. The van der Waals surface area contributed by atoms with Gasteiger partial charge in [-0.15, -0.1) is 0 Å². The molecule has 0 spiro atoms. The molecule has 0 saturated heterocycles. The summed E-state index contributed by atoms with van der Waals surface area (Å²) in [4.78, 5) is 11.6. The second-order valence-electron chi connectivity index (χ2n) is 4.27. The molecule has 0 fully saturated rings. The quantitative estimate of drug-likeness (QED) is 0.751. The number of rotatable bonds is 6. The maximum atomic E-state index is 11.6. The van der Waals surface area contributed by atoms with Gasteiger partial charge >= 0.3 is 0 Å². The summed E-state index contributed by atoms with van der Waals surface area (Å²) in [5.41, 5.74) is 7.00. The number of unbranched alkanes of at least 4 members (excludes halogenated alkanes) is 1. The highest BCUT2D eigenvalue weighted by Gasteiger charge is 2.08. The summed E-state index contributed by atoms with van der Waals surface area (Å²) in [5, 5.41) is 11.6. The van der Waals surface area contributed by atoms with Crippen LogP contribution in [0.3, 0.4) is 0 Å². The minimum absolute atomic E-state index is 0.0388. The zero-order valence-electron chi connectivity index (χ0n) is 10.6. The SMILES string of the molecule is CC(NC(=O)CCCCN)c1ccc(C#N)cc1. The third-order valence-electron chi connectivity index (χ3n) is 2.78. The van der Waals surface area contributed by atoms with Crippen molar-refractivity contribution in [2.24, 2.45) is 5.73 Å². The first-order valence-electron chi connectivity index (χ1n) is 6.17. The first-order valence-corrected chi connectivity index (χ1v) is 6.17. The van der Waals surface area contributed by atoms with Crippen LogP contribution in [0.25, 0.3) is 0 Å². The maximum Gasteiger partial charge on any atom is 0.220 e. The molecule has 0 aliphatic rings. The molecule has 3 N–H and O–H groups in total. The van der Waals surface area contributed by atoms with Crippen LogP contribution >= 0.6 is 0 Å². The lowest BCUT2D eigenvalue weighted by molar-refractivity contribution is -0.121. The van der Waals surface area contributed by atoms with Crippen LogP contribution in [0, 0.1) is 11.3 Å². The van der Waals surface area contributed by atoms with Gasteiger partial charge in [-0.05, 0) is 44.0 Å². The molecule has 4 heteroatoms. The lowest BCUT2D eigenvalue weighted by atomic mass is 10.1. The highest BCUT2D eigenvalue weighted by molar-refractivity contribution is 5.76. The predicted molar refractivity (Wildman–Crippen MR) is 70.6 cm³/mol. The van der Waals surface area contributed by atoms with Crippen LogP contribution < -0.4 is 11.1 Å². The number of nitrogens with zero attached hydrogens (tertiary/aromatic N) is 1. The number of benzene rings is 1. The zero-order valence-corrected chi connectivity index (χ0v) is 10.6. The highest BCUT2D eigenvalue weighted by atomic mass is 16.1. The maximum absolute atomic E-state index is 11.6. The van der Waals surface area contributed by atoms with Gasteiger partial charge in [0.05, 0.1) is 17.7 Å². The largest absolute Gasteiger partial charge is 0.350 e. The average Bonchev–Trinajstić information content (AvgIpc) is 2.39. The molecule has 1 unspecified atom stereocenters. The highest BCUT2D eigenvalue weighted by Crippen LogP contribution is 2.13. The van der Waals surface area contributed by atoms with Crippen LogP contribution in [-0.4, -0.2) is 12.5 Å². The smallest absolute Gasteiger partial charge is 0.220 e. The number of amides is 1. The zero-order chi connectivity index (χ0) is 13.4. The Hall–Kier alpha value is -1.86. The van der Waals surface area contributed by atoms with E-state index in [1.165, 1.54) is 0 Å². The molecule has 96 valence electrons. The van der Waals surface area contributed by atoms with Crippen LogP contribution in [0.2, 0.25) is 0 Å². The van der Waals surface area contributed by atoms with Crippen molar-refractivity contribution in [3.63, 3.8) is 0 Å². The van der Waals surface area contributed by atoms with Gasteiger partial charge in [0.25, 0.3) is 0 Å². The van der Waals surface area contributed by atoms with Crippen molar-refractivity contribution >= 4 is 5.91 Å². The standard InChI is InChI=1S/C14H19N3O/c1-11(17-14(18)4-2-3-9-15)13-7-5-12(10-16)6-8-13/h5-8,11H,2-4,9,15H2,1H3,(H,17,18). The summed E-state index contributed by atoms with van der Waals surface area (Å²) in [6.07, 6.45) is 2.21. The second kappa shape index (κ2) is 7.46. The van der Waals surface area contributed by atoms with Gasteiger partial charge in [-0.1, -0.05) is 12.1 Å². The lowest BCUT2D eigenvalue weighted by Crippen LogP contribution is -2.26. The molecule has 4 nitrogen and oxygen atoms in total. The van der Waals surface area contributed by atoms with Crippen molar-refractivity contribution in [2.45, 2.75) is 32.2 Å². The molecular weight excluding hydrogens is 226 g/mol. The lowest BCUT2D eigenvalue weighted by Gasteiger charge is -2.14. The summed E-state index contributed by atoms with van der Waals surface area (Å²) in [6, 6.07) is 9.27. The Bertz CT molecular complexity index is 420. The van der Waals surface area contributed by atoms with Gasteiger partial charge in [0.1, 0.15) is 0 Å². The number of carbonyl (C=O) groups is 1. The first kappa shape index (κ1) is 14.2. The summed E-state index contributed by atoms with van der Waals surface area (Å²) in [5.74, 6) is 0.0420. The van der Waals surface area contributed by atoms with Gasteiger partial charge in [0.15, 0.2) is 0 Å². The van der Waals surface area contributed by atoms with E-state index < -0.39 is 0 Å². The molecule has 0 saturated carbocycles. The van der Waals surface area contributed by atoms with Crippen molar-refractivity contribution in [3.05, 3.63) is 35.4 Å². The average molecular weight is 245 g/mol. The van der Waals surface area contributed by atoms with E-state index in [-0.39, 0.29) is 11.9 Å². The molecule has 1 aromatic rings. The molecule has 1 aromatic carbocycles. The molecule has 0 aliphatic heterocycles. The van der Waals surface area contributed by atoms with E-state index in [1.807, 2.05) is 19.1 Å². The van der Waals surface area contributed by atoms with Gasteiger partial charge in [0.2, 0.25) is 5.91 Å². The van der Waals surface area contributed by atoms with Crippen molar-refractivity contribution in [1.82, 2.24) is 5.32 Å². The van der Waals surface area contributed by atoms with Gasteiger partial charge in [0, 0.05) is 6.42 Å². The number of hydrogen-bond acceptors (Lipinski definition) is 3. The Morgan fingerprint density at radius 3 is 2.61 bits per heavy atom. The van der Waals surface area contributed by atoms with E-state index in [1.54, 1.807) is 12.1 Å². The summed E-state index contributed by atoms with van der Waals surface area (Å²) < 4.78 is 0. The third kappa shape index (κ3) is 4.56. The number of nitrogens with two attached hydrogens (primary N) is 1. The molecule has 0 heterocycles. The molecule has 18 heavy (non-hydrogen) atoms. The summed E-state index contributed by atoms with van der Waals surface area (Å²) in [6.45, 7) is 2.56. The van der Waals surface area contributed by atoms with Gasteiger partial charge in [-0.3, -0.25) is 4.79 Å². The molecule has 0 aromatic heterocycles. The van der Waals surface area contributed by atoms with Gasteiger partial charge in [-0.25, -0.2) is 0 Å². The Kier molecular flexibility index (Phi) is 5.89. The van der Waals surface area contributed by atoms with E-state index in [0.717, 1.165) is 18.4 Å². The summed E-state index contributed by atoms with van der Waals surface area (Å²) in [7, 11) is 0. The summed E-state index contributed by atoms with van der Waals surface area (Å²) >= 11 is 0. The molecule has 1 amide bonds. The number of carbonyl (C=O) groups excluding carboxylic acids is 1. The van der Waals surface area contributed by atoms with Crippen LogP contribution in [0.15, 0.2) is 24.3 Å². The van der Waals surface area contributed by atoms with Crippen LogP contribution in [0.4, 0.5) is 0 Å². The Morgan fingerprint density at radius 2 is 2.06 bits per heavy atom. The third-order valence-corrected chi connectivity index (χ3v) is 2.78. The van der Waals surface area contributed by atoms with E-state index in [9.17, 15) is 4.79 Å². The van der Waals surface area contributed by atoms with Gasteiger partial charge < -0.3 is 11.1 Å². The van der Waals surface area contributed by atoms with Crippen LogP contribution in [0.5, 0.6) is 0 Å². The Labute approximate surface area is 108 Å². The number of nitrogens with one attached hydrogen (secondary N) is 1. The van der Waals surface area contributed by atoms with E-state index in [4.69, 9.17) is 11.0 Å². The monoisotopic (exact) mass is 245 g/mol. The normalized spacial score (nSPS) is 11.6. The Balaban J connectivity index is 2.46. The first-order chi connectivity index (χ1) is 8.67.